The number of hydrogen-bond donors (Lipinski definition) is 0. The van der Waals surface area contributed by atoms with E-state index in [1.807, 2.05) is 6.08 Å². The van der Waals surface area contributed by atoms with Gasteiger partial charge in [-0.2, -0.15) is 0 Å². The molecule has 4 aliphatic carbocycles. The van der Waals surface area contributed by atoms with Gasteiger partial charge in [0.2, 0.25) is 0 Å². The molecule has 2 heteroatoms. The van der Waals surface area contributed by atoms with Gasteiger partial charge in [0.1, 0.15) is 0 Å². The highest BCUT2D eigenvalue weighted by molar-refractivity contribution is 5.99. The molecular formula is C22H30O2. The van der Waals surface area contributed by atoms with E-state index in [1.54, 1.807) is 0 Å². The molecule has 0 aromatic carbocycles. The van der Waals surface area contributed by atoms with Crippen molar-refractivity contribution < 1.29 is 9.59 Å². The van der Waals surface area contributed by atoms with Crippen molar-refractivity contribution in [2.45, 2.75) is 72.1 Å². The highest BCUT2D eigenvalue weighted by atomic mass is 16.1. The van der Waals surface area contributed by atoms with E-state index in [-0.39, 0.29) is 10.8 Å². The van der Waals surface area contributed by atoms with Crippen molar-refractivity contribution >= 4 is 11.6 Å². The van der Waals surface area contributed by atoms with Crippen LogP contribution < -0.4 is 0 Å². The molecule has 0 aliphatic heterocycles. The summed E-state index contributed by atoms with van der Waals surface area (Å²) >= 11 is 0. The first-order chi connectivity index (χ1) is 11.4. The van der Waals surface area contributed by atoms with E-state index in [9.17, 15) is 9.59 Å². The number of Topliss-reactive ketones (excluding diaryl/α,β-unsaturated/α-hetero) is 1. The Bertz CT molecular complexity index is 655. The van der Waals surface area contributed by atoms with Crippen LogP contribution in [-0.4, -0.2) is 11.6 Å². The lowest BCUT2D eigenvalue weighted by Crippen LogP contribution is -2.49. The van der Waals surface area contributed by atoms with Crippen LogP contribution in [0.4, 0.5) is 0 Å². The number of rotatable bonds is 1. The van der Waals surface area contributed by atoms with Crippen molar-refractivity contribution in [3.8, 4) is 0 Å². The number of allylic oxidation sites excluding steroid dienone is 3. The second-order valence-corrected chi connectivity index (χ2v) is 9.08. The monoisotopic (exact) mass is 326 g/mol. The van der Waals surface area contributed by atoms with Gasteiger partial charge in [0.05, 0.1) is 0 Å². The summed E-state index contributed by atoms with van der Waals surface area (Å²) in [6.45, 7) is 6.91. The van der Waals surface area contributed by atoms with Gasteiger partial charge in [-0.3, -0.25) is 9.59 Å². The third-order valence-corrected chi connectivity index (χ3v) is 8.08. The predicted molar refractivity (Wildman–Crippen MR) is 95.5 cm³/mol. The molecule has 4 rings (SSSR count). The van der Waals surface area contributed by atoms with E-state index in [2.05, 4.69) is 26.8 Å². The third-order valence-electron chi connectivity index (χ3n) is 8.08. The van der Waals surface area contributed by atoms with Gasteiger partial charge in [0.25, 0.3) is 0 Å². The number of carbonyl (C=O) groups excluding carboxylic acids is 2. The predicted octanol–water partition coefficient (Wildman–Crippen LogP) is 5.03. The maximum Gasteiger partial charge on any atom is 0.159 e. The summed E-state index contributed by atoms with van der Waals surface area (Å²) in [5.74, 6) is 2.59. The molecule has 24 heavy (non-hydrogen) atoms. The van der Waals surface area contributed by atoms with Gasteiger partial charge >= 0.3 is 0 Å². The van der Waals surface area contributed by atoms with Crippen LogP contribution in [0.1, 0.15) is 72.1 Å². The van der Waals surface area contributed by atoms with E-state index in [0.717, 1.165) is 37.7 Å². The fraction of sp³-hybridized carbons (Fsp3) is 0.727. The molecule has 0 N–H and O–H groups in total. The molecule has 0 amide bonds. The molecule has 0 heterocycles. The van der Waals surface area contributed by atoms with Crippen molar-refractivity contribution in [1.29, 1.82) is 0 Å². The second kappa shape index (κ2) is 5.41. The fourth-order valence-corrected chi connectivity index (χ4v) is 6.77. The first-order valence-electron chi connectivity index (χ1n) is 9.88. The molecule has 0 spiro atoms. The summed E-state index contributed by atoms with van der Waals surface area (Å²) in [6.07, 6.45) is 12.2. The average Bonchev–Trinajstić information content (AvgIpc) is 2.80. The SMILES string of the molecule is CC/C=C1/C(=O)C[C@H]2[C@@H]3CCC4=CC(=O)CC[C@]4(C)[C@H]3CC[C@]12C. The zero-order chi connectivity index (χ0) is 17.1. The molecule has 0 saturated heterocycles. The van der Waals surface area contributed by atoms with Crippen molar-refractivity contribution in [2.24, 2.45) is 28.6 Å². The average molecular weight is 326 g/mol. The van der Waals surface area contributed by atoms with E-state index in [0.29, 0.717) is 35.7 Å². The standard InChI is InChI=1S/C22H30O2/c1-4-5-18-20(24)13-19-16-7-6-14-12-15(23)8-10-21(14,2)17(16)9-11-22(18,19)3/h5,12,16-17,19H,4,6-11,13H2,1-3H3/b18-5-/t16-,17+,19+,21+,22-/m1/s1. The smallest absolute Gasteiger partial charge is 0.159 e. The van der Waals surface area contributed by atoms with E-state index >= 15 is 0 Å². The topological polar surface area (TPSA) is 34.1 Å². The molecule has 0 aromatic rings. The Labute approximate surface area is 145 Å². The van der Waals surface area contributed by atoms with Crippen LogP contribution in [0.25, 0.3) is 0 Å². The van der Waals surface area contributed by atoms with Crippen LogP contribution in [0.2, 0.25) is 0 Å². The molecule has 2 nitrogen and oxygen atoms in total. The maximum atomic E-state index is 12.7. The number of fused-ring (bicyclic) bond motifs is 5. The maximum absolute atomic E-state index is 12.7. The molecule has 5 atom stereocenters. The van der Waals surface area contributed by atoms with Crippen LogP contribution in [0.3, 0.4) is 0 Å². The Kier molecular flexibility index (Phi) is 3.67. The van der Waals surface area contributed by atoms with Crippen molar-refractivity contribution in [1.82, 2.24) is 0 Å². The molecule has 0 aromatic heterocycles. The van der Waals surface area contributed by atoms with Crippen molar-refractivity contribution in [3.05, 3.63) is 23.3 Å². The molecule has 130 valence electrons. The minimum absolute atomic E-state index is 0.107. The molecule has 0 radical (unpaired) electrons. The Morgan fingerprint density at radius 2 is 1.88 bits per heavy atom. The molecule has 4 aliphatic rings. The van der Waals surface area contributed by atoms with E-state index in [4.69, 9.17) is 0 Å². The summed E-state index contributed by atoms with van der Waals surface area (Å²) in [7, 11) is 0. The van der Waals surface area contributed by atoms with Crippen LogP contribution in [0, 0.1) is 28.6 Å². The first-order valence-corrected chi connectivity index (χ1v) is 9.88. The van der Waals surface area contributed by atoms with Crippen LogP contribution in [0.5, 0.6) is 0 Å². The normalized spacial score (nSPS) is 46.4. The van der Waals surface area contributed by atoms with Gasteiger partial charge in [-0.1, -0.05) is 32.4 Å². The molecule has 0 bridgehead atoms. The van der Waals surface area contributed by atoms with Gasteiger partial charge < -0.3 is 0 Å². The quantitative estimate of drug-likeness (QED) is 0.633. The third kappa shape index (κ3) is 2.07. The summed E-state index contributed by atoms with van der Waals surface area (Å²) in [5.41, 5.74) is 2.87. The summed E-state index contributed by atoms with van der Waals surface area (Å²) in [5, 5.41) is 0. The lowest BCUT2D eigenvalue weighted by Gasteiger charge is -2.57. The minimum atomic E-state index is 0.107. The molecule has 3 fully saturated rings. The lowest BCUT2D eigenvalue weighted by molar-refractivity contribution is -0.117. The van der Waals surface area contributed by atoms with Crippen molar-refractivity contribution in [2.75, 3.05) is 0 Å². The summed E-state index contributed by atoms with van der Waals surface area (Å²) in [4.78, 5) is 24.6. The van der Waals surface area contributed by atoms with Crippen molar-refractivity contribution in [3.63, 3.8) is 0 Å². The largest absolute Gasteiger partial charge is 0.295 e. The zero-order valence-corrected chi connectivity index (χ0v) is 15.4. The van der Waals surface area contributed by atoms with Crippen LogP contribution >= 0.6 is 0 Å². The lowest BCUT2D eigenvalue weighted by atomic mass is 9.47. The summed E-state index contributed by atoms with van der Waals surface area (Å²) in [6, 6.07) is 0. The summed E-state index contributed by atoms with van der Waals surface area (Å²) < 4.78 is 0. The fourth-order valence-electron chi connectivity index (χ4n) is 6.77. The minimum Gasteiger partial charge on any atom is -0.295 e. The van der Waals surface area contributed by atoms with Gasteiger partial charge in [-0.25, -0.2) is 0 Å². The Balaban J connectivity index is 1.70. The Morgan fingerprint density at radius 3 is 2.62 bits per heavy atom. The number of ketones is 2. The molecule has 0 unspecified atom stereocenters. The Morgan fingerprint density at radius 1 is 1.08 bits per heavy atom. The van der Waals surface area contributed by atoms with Gasteiger partial charge in [-0.15, -0.1) is 0 Å². The first kappa shape index (κ1) is 16.3. The highest BCUT2D eigenvalue weighted by Gasteiger charge is 2.59. The van der Waals surface area contributed by atoms with Gasteiger partial charge in [-0.05, 0) is 78.8 Å². The molecule has 3 saturated carbocycles. The second-order valence-electron chi connectivity index (χ2n) is 9.08. The van der Waals surface area contributed by atoms with Gasteiger partial charge in [0.15, 0.2) is 11.6 Å². The van der Waals surface area contributed by atoms with E-state index < -0.39 is 0 Å². The van der Waals surface area contributed by atoms with Crippen LogP contribution in [0.15, 0.2) is 23.3 Å². The molecular weight excluding hydrogens is 296 g/mol. The number of hydrogen-bond acceptors (Lipinski definition) is 2. The number of carbonyl (C=O) groups is 2. The Hall–Kier alpha value is -1.18. The highest BCUT2D eigenvalue weighted by Crippen LogP contribution is 2.65. The zero-order valence-electron chi connectivity index (χ0n) is 15.4. The van der Waals surface area contributed by atoms with E-state index in [1.165, 1.54) is 18.4 Å². The van der Waals surface area contributed by atoms with Gasteiger partial charge in [0, 0.05) is 12.8 Å². The van der Waals surface area contributed by atoms with Crippen LogP contribution in [-0.2, 0) is 9.59 Å².